The molecular weight excluding hydrogens is 308 g/mol. The first-order valence-corrected chi connectivity index (χ1v) is 9.47. The van der Waals surface area contributed by atoms with Gasteiger partial charge in [0.15, 0.2) is 0 Å². The Morgan fingerprint density at radius 3 is 2.65 bits per heavy atom. The van der Waals surface area contributed by atoms with Crippen LogP contribution in [-0.4, -0.2) is 41.9 Å². The van der Waals surface area contributed by atoms with Crippen LogP contribution in [0.15, 0.2) is 24.3 Å². The van der Waals surface area contributed by atoms with Gasteiger partial charge in [0.05, 0.1) is 11.6 Å². The molecule has 5 heteroatoms. The summed E-state index contributed by atoms with van der Waals surface area (Å²) in [5.74, 6) is 3.06. The normalized spacial score (nSPS) is 13.3. The number of nitriles is 1. The molecule has 2 atom stereocenters. The Labute approximate surface area is 144 Å². The van der Waals surface area contributed by atoms with Crippen molar-refractivity contribution < 1.29 is 9.84 Å². The van der Waals surface area contributed by atoms with Gasteiger partial charge >= 0.3 is 0 Å². The molecule has 0 heterocycles. The van der Waals surface area contributed by atoms with Gasteiger partial charge in [0.25, 0.3) is 0 Å². The summed E-state index contributed by atoms with van der Waals surface area (Å²) in [6.45, 7) is 5.14. The number of nitrogens with one attached hydrogen (secondary N) is 1. The minimum Gasteiger partial charge on any atom is -0.491 e. The molecule has 1 rings (SSSR count). The fourth-order valence-corrected chi connectivity index (χ4v) is 2.87. The van der Waals surface area contributed by atoms with Crippen LogP contribution in [0.25, 0.3) is 0 Å². The Morgan fingerprint density at radius 2 is 2.04 bits per heavy atom. The van der Waals surface area contributed by atoms with Crippen LogP contribution in [-0.2, 0) is 0 Å². The maximum Gasteiger partial charge on any atom is 0.119 e. The van der Waals surface area contributed by atoms with E-state index in [9.17, 15) is 5.11 Å². The Balaban J connectivity index is 2.21. The number of benzene rings is 1. The monoisotopic (exact) mass is 336 g/mol. The lowest BCUT2D eigenvalue weighted by atomic mass is 10.1. The lowest BCUT2D eigenvalue weighted by Gasteiger charge is -2.19. The number of ether oxygens (including phenoxy) is 1. The maximum atomic E-state index is 10.0. The number of nitrogens with zero attached hydrogens (tertiary/aromatic N) is 1. The van der Waals surface area contributed by atoms with Crippen molar-refractivity contribution in [2.45, 2.75) is 45.3 Å². The second kappa shape index (κ2) is 12.2. The van der Waals surface area contributed by atoms with Gasteiger partial charge in [-0.05, 0) is 55.0 Å². The van der Waals surface area contributed by atoms with Crippen molar-refractivity contribution in [1.29, 1.82) is 5.26 Å². The third kappa shape index (κ3) is 8.85. The zero-order valence-electron chi connectivity index (χ0n) is 14.1. The van der Waals surface area contributed by atoms with Crippen molar-refractivity contribution in [2.24, 2.45) is 0 Å². The highest BCUT2D eigenvalue weighted by atomic mass is 32.2. The Morgan fingerprint density at radius 1 is 1.30 bits per heavy atom. The average molecular weight is 337 g/mol. The summed E-state index contributed by atoms with van der Waals surface area (Å²) >= 11 is 1.98. The number of hydrogen-bond donors (Lipinski definition) is 2. The van der Waals surface area contributed by atoms with E-state index in [0.29, 0.717) is 23.9 Å². The van der Waals surface area contributed by atoms with Crippen LogP contribution in [0.2, 0.25) is 0 Å². The quantitative estimate of drug-likeness (QED) is 0.574. The van der Waals surface area contributed by atoms with E-state index in [2.05, 4.69) is 25.2 Å². The lowest BCUT2D eigenvalue weighted by molar-refractivity contribution is 0.103. The number of hydrogen-bond acceptors (Lipinski definition) is 5. The highest BCUT2D eigenvalue weighted by Crippen LogP contribution is 2.12. The third-order valence-electron chi connectivity index (χ3n) is 3.61. The molecule has 23 heavy (non-hydrogen) atoms. The molecule has 0 aromatic heterocycles. The van der Waals surface area contributed by atoms with Gasteiger partial charge in [-0.3, -0.25) is 0 Å². The molecule has 0 saturated carbocycles. The van der Waals surface area contributed by atoms with Gasteiger partial charge in [-0.15, -0.1) is 0 Å². The van der Waals surface area contributed by atoms with Gasteiger partial charge in [-0.1, -0.05) is 13.8 Å². The van der Waals surface area contributed by atoms with Crippen LogP contribution < -0.4 is 10.1 Å². The van der Waals surface area contributed by atoms with E-state index in [0.717, 1.165) is 12.8 Å². The first-order chi connectivity index (χ1) is 11.2. The van der Waals surface area contributed by atoms with E-state index in [1.54, 1.807) is 24.3 Å². The van der Waals surface area contributed by atoms with Crippen LogP contribution in [0.4, 0.5) is 0 Å². The zero-order chi connectivity index (χ0) is 16.9. The van der Waals surface area contributed by atoms with Gasteiger partial charge in [0, 0.05) is 12.6 Å². The van der Waals surface area contributed by atoms with Crippen molar-refractivity contribution in [3.8, 4) is 11.8 Å². The number of aliphatic hydroxyl groups excluding tert-OH is 1. The molecular formula is C18H28N2O2S. The predicted molar refractivity (Wildman–Crippen MR) is 97.0 cm³/mol. The fraction of sp³-hybridized carbons (Fsp3) is 0.611. The highest BCUT2D eigenvalue weighted by Gasteiger charge is 2.10. The molecule has 0 aliphatic carbocycles. The molecule has 4 nitrogen and oxygen atoms in total. The predicted octanol–water partition coefficient (Wildman–Crippen LogP) is 3.20. The van der Waals surface area contributed by atoms with Crippen LogP contribution in [0, 0.1) is 11.3 Å². The molecule has 0 fully saturated rings. The smallest absolute Gasteiger partial charge is 0.119 e. The highest BCUT2D eigenvalue weighted by molar-refractivity contribution is 7.99. The molecule has 1 aromatic rings. The van der Waals surface area contributed by atoms with Crippen molar-refractivity contribution >= 4 is 11.8 Å². The lowest BCUT2D eigenvalue weighted by Crippen LogP contribution is -2.37. The summed E-state index contributed by atoms with van der Waals surface area (Å²) in [5, 5.41) is 22.2. The van der Waals surface area contributed by atoms with Gasteiger partial charge in [0.2, 0.25) is 0 Å². The van der Waals surface area contributed by atoms with Crippen LogP contribution in [0.5, 0.6) is 5.75 Å². The summed E-state index contributed by atoms with van der Waals surface area (Å²) < 4.78 is 5.54. The van der Waals surface area contributed by atoms with Gasteiger partial charge in [-0.25, -0.2) is 0 Å². The molecule has 0 aliphatic heterocycles. The minimum atomic E-state index is -0.537. The molecule has 0 radical (unpaired) electrons. The van der Waals surface area contributed by atoms with E-state index in [1.165, 1.54) is 17.9 Å². The molecule has 1 aromatic carbocycles. The summed E-state index contributed by atoms with van der Waals surface area (Å²) in [4.78, 5) is 0. The van der Waals surface area contributed by atoms with Crippen molar-refractivity contribution in [1.82, 2.24) is 5.32 Å². The van der Waals surface area contributed by atoms with Crippen LogP contribution >= 0.6 is 11.8 Å². The van der Waals surface area contributed by atoms with Crippen molar-refractivity contribution in [3.05, 3.63) is 29.8 Å². The number of rotatable bonds is 12. The van der Waals surface area contributed by atoms with E-state index in [1.807, 2.05) is 11.8 Å². The minimum absolute atomic E-state index is 0.251. The molecule has 0 bridgehead atoms. The second-order valence-corrected chi connectivity index (χ2v) is 6.85. The van der Waals surface area contributed by atoms with Crippen molar-refractivity contribution in [3.63, 3.8) is 0 Å². The van der Waals surface area contributed by atoms with Gasteiger partial charge in [0.1, 0.15) is 18.5 Å². The summed E-state index contributed by atoms with van der Waals surface area (Å²) in [6, 6.07) is 9.44. The molecule has 0 spiro atoms. The Kier molecular flexibility index (Phi) is 10.5. The first-order valence-electron chi connectivity index (χ1n) is 8.31. The summed E-state index contributed by atoms with van der Waals surface area (Å²) in [6.07, 6.45) is 2.89. The third-order valence-corrected chi connectivity index (χ3v) is 4.59. The zero-order valence-corrected chi connectivity index (χ0v) is 14.9. The van der Waals surface area contributed by atoms with E-state index < -0.39 is 6.10 Å². The summed E-state index contributed by atoms with van der Waals surface area (Å²) in [5.41, 5.74) is 0.603. The standard InChI is InChI=1S/C18H28N2O2S/c1-3-16(6-5-11-23-4-2)20-13-17(21)14-22-18-9-7-15(12-19)8-10-18/h7-10,16-17,20-21H,3-6,11,13-14H2,1-2H3. The van der Waals surface area contributed by atoms with E-state index in [4.69, 9.17) is 10.00 Å². The molecule has 2 N–H and O–H groups in total. The molecule has 0 saturated heterocycles. The van der Waals surface area contributed by atoms with E-state index >= 15 is 0 Å². The van der Waals surface area contributed by atoms with Crippen LogP contribution in [0.3, 0.4) is 0 Å². The van der Waals surface area contributed by atoms with Crippen LogP contribution in [0.1, 0.15) is 38.7 Å². The molecule has 2 unspecified atom stereocenters. The fourth-order valence-electron chi connectivity index (χ4n) is 2.21. The largest absolute Gasteiger partial charge is 0.491 e. The van der Waals surface area contributed by atoms with Gasteiger partial charge < -0.3 is 15.2 Å². The second-order valence-electron chi connectivity index (χ2n) is 5.45. The topological polar surface area (TPSA) is 65.3 Å². The van der Waals surface area contributed by atoms with E-state index in [-0.39, 0.29) is 6.61 Å². The molecule has 0 aliphatic rings. The SMILES string of the molecule is CCSCCCC(CC)NCC(O)COc1ccc(C#N)cc1. The average Bonchev–Trinajstić information content (AvgIpc) is 2.59. The number of aliphatic hydroxyl groups is 1. The van der Waals surface area contributed by atoms with Gasteiger partial charge in [-0.2, -0.15) is 17.0 Å². The summed E-state index contributed by atoms with van der Waals surface area (Å²) in [7, 11) is 0. The molecule has 0 amide bonds. The Bertz CT molecular complexity index is 459. The Hall–Kier alpha value is -1.22. The molecule has 128 valence electrons. The number of thioether (sulfide) groups is 1. The first kappa shape index (κ1) is 19.8. The van der Waals surface area contributed by atoms with Crippen molar-refractivity contribution in [2.75, 3.05) is 24.7 Å². The maximum absolute atomic E-state index is 10.0.